The number of nitrogens with one attached hydrogen (secondary N) is 1. The number of carbonyl (C=O) groups is 1. The molecular formula is C25H24N4O2. The standard InChI is InChI=1S/C25H24N4O2/c1-17(2)16-29-25(31)20-13-7-6-12-19(20)23(28-29)24(30)27-22(18-10-4-3-5-11-18)21-14-8-9-15-26-21/h3-15,17,22H,16H2,1-2H3,(H,27,30). The van der Waals surface area contributed by atoms with Gasteiger partial charge in [0.2, 0.25) is 0 Å². The molecule has 0 fully saturated rings. The van der Waals surface area contributed by atoms with Crippen molar-refractivity contribution in [2.45, 2.75) is 26.4 Å². The molecule has 2 aromatic carbocycles. The molecule has 0 saturated heterocycles. The number of fused-ring (bicyclic) bond motifs is 1. The van der Waals surface area contributed by atoms with Gasteiger partial charge in [-0.1, -0.05) is 68.4 Å². The maximum Gasteiger partial charge on any atom is 0.274 e. The van der Waals surface area contributed by atoms with Gasteiger partial charge in [-0.3, -0.25) is 14.6 Å². The first-order valence-corrected chi connectivity index (χ1v) is 10.3. The van der Waals surface area contributed by atoms with Crippen LogP contribution in [0.4, 0.5) is 0 Å². The molecule has 1 N–H and O–H groups in total. The highest BCUT2D eigenvalue weighted by atomic mass is 16.2. The summed E-state index contributed by atoms with van der Waals surface area (Å²) in [5, 5.41) is 8.55. The van der Waals surface area contributed by atoms with E-state index in [0.717, 1.165) is 11.3 Å². The summed E-state index contributed by atoms with van der Waals surface area (Å²) in [6.07, 6.45) is 1.70. The van der Waals surface area contributed by atoms with Gasteiger partial charge in [0.25, 0.3) is 11.5 Å². The molecule has 0 radical (unpaired) electrons. The number of carbonyl (C=O) groups excluding carboxylic acids is 1. The molecule has 1 atom stereocenters. The maximum atomic E-state index is 13.4. The van der Waals surface area contributed by atoms with Crippen LogP contribution in [-0.4, -0.2) is 20.7 Å². The predicted octanol–water partition coefficient (Wildman–Crippen LogP) is 3.97. The van der Waals surface area contributed by atoms with Gasteiger partial charge in [-0.05, 0) is 29.7 Å². The Morgan fingerprint density at radius 3 is 2.29 bits per heavy atom. The molecule has 0 aliphatic rings. The average Bonchev–Trinajstić information content (AvgIpc) is 2.80. The van der Waals surface area contributed by atoms with E-state index in [1.807, 2.05) is 62.4 Å². The van der Waals surface area contributed by atoms with Crippen molar-refractivity contribution >= 4 is 16.7 Å². The van der Waals surface area contributed by atoms with Gasteiger partial charge < -0.3 is 5.32 Å². The fourth-order valence-corrected chi connectivity index (χ4v) is 3.59. The molecule has 6 nitrogen and oxygen atoms in total. The quantitative estimate of drug-likeness (QED) is 0.520. The van der Waals surface area contributed by atoms with E-state index in [2.05, 4.69) is 15.4 Å². The molecule has 1 amide bonds. The number of nitrogens with zero attached hydrogens (tertiary/aromatic N) is 3. The Bertz CT molecular complexity index is 1210. The molecule has 0 aliphatic heterocycles. The zero-order valence-electron chi connectivity index (χ0n) is 17.5. The Kier molecular flexibility index (Phi) is 5.89. The Hall–Kier alpha value is -3.80. The lowest BCUT2D eigenvalue weighted by Gasteiger charge is -2.19. The van der Waals surface area contributed by atoms with Crippen molar-refractivity contribution in [1.29, 1.82) is 0 Å². The third-order valence-corrected chi connectivity index (χ3v) is 5.01. The SMILES string of the molecule is CC(C)Cn1nc(C(=O)NC(c2ccccc2)c2ccccn2)c2ccccc2c1=O. The highest BCUT2D eigenvalue weighted by molar-refractivity contribution is 6.05. The minimum absolute atomic E-state index is 0.190. The van der Waals surface area contributed by atoms with Crippen LogP contribution in [-0.2, 0) is 6.54 Å². The molecular weight excluding hydrogens is 388 g/mol. The second-order valence-corrected chi connectivity index (χ2v) is 7.85. The summed E-state index contributed by atoms with van der Waals surface area (Å²) in [4.78, 5) is 30.8. The smallest absolute Gasteiger partial charge is 0.274 e. The van der Waals surface area contributed by atoms with Crippen LogP contribution >= 0.6 is 0 Å². The van der Waals surface area contributed by atoms with Crippen molar-refractivity contribution in [1.82, 2.24) is 20.1 Å². The molecule has 0 bridgehead atoms. The van der Waals surface area contributed by atoms with Gasteiger partial charge in [0.15, 0.2) is 5.69 Å². The molecule has 0 saturated carbocycles. The van der Waals surface area contributed by atoms with E-state index < -0.39 is 6.04 Å². The van der Waals surface area contributed by atoms with Crippen molar-refractivity contribution in [3.8, 4) is 0 Å². The number of hydrogen-bond acceptors (Lipinski definition) is 4. The first-order chi connectivity index (χ1) is 15.0. The van der Waals surface area contributed by atoms with Gasteiger partial charge in [-0.25, -0.2) is 4.68 Å². The zero-order valence-corrected chi connectivity index (χ0v) is 17.5. The summed E-state index contributed by atoms with van der Waals surface area (Å²) in [6, 6.07) is 21.9. The van der Waals surface area contributed by atoms with E-state index in [4.69, 9.17) is 0 Å². The predicted molar refractivity (Wildman–Crippen MR) is 121 cm³/mol. The zero-order chi connectivity index (χ0) is 21.8. The first kappa shape index (κ1) is 20.5. The number of hydrogen-bond donors (Lipinski definition) is 1. The second-order valence-electron chi connectivity index (χ2n) is 7.85. The van der Waals surface area contributed by atoms with Crippen molar-refractivity contribution in [2.75, 3.05) is 0 Å². The Balaban J connectivity index is 1.79. The third kappa shape index (κ3) is 4.38. The topological polar surface area (TPSA) is 76.9 Å². The molecule has 31 heavy (non-hydrogen) atoms. The lowest BCUT2D eigenvalue weighted by Crippen LogP contribution is -2.34. The second kappa shape index (κ2) is 8.92. The van der Waals surface area contributed by atoms with Crippen LogP contribution in [0.1, 0.15) is 41.6 Å². The number of amides is 1. The highest BCUT2D eigenvalue weighted by Crippen LogP contribution is 2.22. The van der Waals surface area contributed by atoms with Crippen molar-refractivity contribution in [3.63, 3.8) is 0 Å². The average molecular weight is 412 g/mol. The van der Waals surface area contributed by atoms with Crippen LogP contribution in [0.25, 0.3) is 10.8 Å². The molecule has 4 aromatic rings. The normalized spacial score (nSPS) is 12.1. The van der Waals surface area contributed by atoms with Gasteiger partial charge in [0.05, 0.1) is 17.1 Å². The minimum atomic E-state index is -0.444. The molecule has 0 aliphatic carbocycles. The van der Waals surface area contributed by atoms with Crippen LogP contribution in [0.2, 0.25) is 0 Å². The van der Waals surface area contributed by atoms with Crippen molar-refractivity contribution in [2.24, 2.45) is 5.92 Å². The fraction of sp³-hybridized carbons (Fsp3) is 0.200. The van der Waals surface area contributed by atoms with Gasteiger partial charge in [0.1, 0.15) is 0 Å². The van der Waals surface area contributed by atoms with Crippen molar-refractivity contribution in [3.05, 3.63) is 106 Å². The summed E-state index contributed by atoms with van der Waals surface area (Å²) in [6.45, 7) is 4.46. The minimum Gasteiger partial charge on any atom is -0.338 e. The Morgan fingerprint density at radius 2 is 1.61 bits per heavy atom. The van der Waals surface area contributed by atoms with Gasteiger partial charge in [0, 0.05) is 18.1 Å². The van der Waals surface area contributed by atoms with Crippen LogP contribution < -0.4 is 10.9 Å². The Labute approximate surface area is 180 Å². The monoisotopic (exact) mass is 412 g/mol. The van der Waals surface area contributed by atoms with Crippen LogP contribution in [0.5, 0.6) is 0 Å². The van der Waals surface area contributed by atoms with Gasteiger partial charge in [-0.2, -0.15) is 5.10 Å². The lowest BCUT2D eigenvalue weighted by atomic mass is 10.0. The van der Waals surface area contributed by atoms with Crippen LogP contribution in [0.15, 0.2) is 83.8 Å². The third-order valence-electron chi connectivity index (χ3n) is 5.01. The van der Waals surface area contributed by atoms with E-state index >= 15 is 0 Å². The number of benzene rings is 2. The summed E-state index contributed by atoms with van der Waals surface area (Å²) >= 11 is 0. The number of aromatic nitrogens is 3. The number of rotatable bonds is 6. The van der Waals surface area contributed by atoms with Gasteiger partial charge >= 0.3 is 0 Å². The Morgan fingerprint density at radius 1 is 0.935 bits per heavy atom. The summed E-state index contributed by atoms with van der Waals surface area (Å²) in [5.41, 5.74) is 1.68. The van der Waals surface area contributed by atoms with Crippen LogP contribution in [0.3, 0.4) is 0 Å². The molecule has 6 heteroatoms. The van der Waals surface area contributed by atoms with Crippen molar-refractivity contribution < 1.29 is 4.79 Å². The number of pyridine rings is 1. The molecule has 156 valence electrons. The van der Waals surface area contributed by atoms with Gasteiger partial charge in [-0.15, -0.1) is 0 Å². The molecule has 1 unspecified atom stereocenters. The largest absolute Gasteiger partial charge is 0.338 e. The van der Waals surface area contributed by atoms with E-state index in [9.17, 15) is 9.59 Å². The fourth-order valence-electron chi connectivity index (χ4n) is 3.59. The first-order valence-electron chi connectivity index (χ1n) is 10.3. The van der Waals surface area contributed by atoms with E-state index in [0.29, 0.717) is 17.3 Å². The van der Waals surface area contributed by atoms with E-state index in [1.165, 1.54) is 4.68 Å². The van der Waals surface area contributed by atoms with E-state index in [1.54, 1.807) is 30.5 Å². The van der Waals surface area contributed by atoms with Crippen LogP contribution in [0, 0.1) is 5.92 Å². The highest BCUT2D eigenvalue weighted by Gasteiger charge is 2.22. The van der Waals surface area contributed by atoms with E-state index in [-0.39, 0.29) is 23.1 Å². The summed E-state index contributed by atoms with van der Waals surface area (Å²) in [7, 11) is 0. The molecule has 0 spiro atoms. The maximum absolute atomic E-state index is 13.4. The molecule has 4 rings (SSSR count). The summed E-state index contributed by atoms with van der Waals surface area (Å²) < 4.78 is 1.39. The summed E-state index contributed by atoms with van der Waals surface area (Å²) in [5.74, 6) is -0.138. The molecule has 2 heterocycles. The molecule has 2 aromatic heterocycles. The lowest BCUT2D eigenvalue weighted by molar-refractivity contribution is 0.0936.